The smallest absolute Gasteiger partial charge is 0.120 e. The highest BCUT2D eigenvalue weighted by Crippen LogP contribution is 2.23. The van der Waals surface area contributed by atoms with Crippen molar-refractivity contribution in [3.63, 3.8) is 0 Å². The zero-order valence-electron chi connectivity index (χ0n) is 12.1. The second kappa shape index (κ2) is 6.53. The van der Waals surface area contributed by atoms with Gasteiger partial charge >= 0.3 is 0 Å². The average molecular weight is 279 g/mol. The van der Waals surface area contributed by atoms with Crippen LogP contribution in [0.3, 0.4) is 0 Å². The van der Waals surface area contributed by atoms with E-state index in [2.05, 4.69) is 18.4 Å². The molecule has 0 saturated heterocycles. The number of nitrogens with two attached hydrogens (primary N) is 1. The quantitative estimate of drug-likeness (QED) is 0.532. The summed E-state index contributed by atoms with van der Waals surface area (Å²) in [7, 11) is 3.19. The monoisotopic (exact) mass is 279 g/mol. The minimum Gasteiger partial charge on any atom is -0.497 e. The first kappa shape index (κ1) is 14.5. The summed E-state index contributed by atoms with van der Waals surface area (Å²) in [6.45, 7) is 3.88. The maximum absolute atomic E-state index is 5.89. The number of para-hydroxylation sites is 1. The van der Waals surface area contributed by atoms with Gasteiger partial charge in [0.2, 0.25) is 0 Å². The Bertz CT molecular complexity index is 723. The van der Waals surface area contributed by atoms with E-state index in [1.54, 1.807) is 14.2 Å². The van der Waals surface area contributed by atoms with Gasteiger partial charge in [0, 0.05) is 22.4 Å². The zero-order valence-corrected chi connectivity index (χ0v) is 12.1. The standard InChI is InChI=1S/C18H17NO2/c1-13(20-2)17-12-16(21-3)11-10-14(17)8-9-15-6-4-5-7-18(15)19/h4-7,10-12H,1,19H2,2-3H3. The van der Waals surface area contributed by atoms with Crippen LogP contribution in [0, 0.1) is 11.8 Å². The second-order valence-corrected chi connectivity index (χ2v) is 4.38. The molecule has 2 aromatic carbocycles. The molecule has 0 bridgehead atoms. The van der Waals surface area contributed by atoms with Gasteiger partial charge in [-0.3, -0.25) is 0 Å². The van der Waals surface area contributed by atoms with Crippen molar-refractivity contribution in [3.05, 3.63) is 65.7 Å². The first-order valence-corrected chi connectivity index (χ1v) is 6.43. The topological polar surface area (TPSA) is 44.5 Å². The van der Waals surface area contributed by atoms with Crippen molar-refractivity contribution >= 4 is 11.4 Å². The lowest BCUT2D eigenvalue weighted by Gasteiger charge is -2.09. The van der Waals surface area contributed by atoms with E-state index < -0.39 is 0 Å². The molecule has 0 radical (unpaired) electrons. The number of nitrogen functional groups attached to an aromatic ring is 1. The number of benzene rings is 2. The summed E-state index contributed by atoms with van der Waals surface area (Å²) in [6.07, 6.45) is 0. The molecule has 2 N–H and O–H groups in total. The van der Waals surface area contributed by atoms with Gasteiger partial charge in [0.05, 0.1) is 14.2 Å². The van der Waals surface area contributed by atoms with Gasteiger partial charge in [-0.25, -0.2) is 0 Å². The molecule has 3 nitrogen and oxygen atoms in total. The minimum absolute atomic E-state index is 0.541. The van der Waals surface area contributed by atoms with E-state index in [0.717, 1.165) is 22.4 Å². The van der Waals surface area contributed by atoms with Gasteiger partial charge in [0.15, 0.2) is 0 Å². The number of ether oxygens (including phenoxy) is 2. The van der Waals surface area contributed by atoms with Crippen molar-refractivity contribution in [1.82, 2.24) is 0 Å². The molecule has 0 aliphatic heterocycles. The first-order valence-electron chi connectivity index (χ1n) is 6.43. The Hall–Kier alpha value is -2.86. The summed E-state index contributed by atoms with van der Waals surface area (Å²) < 4.78 is 10.4. The van der Waals surface area contributed by atoms with Crippen LogP contribution >= 0.6 is 0 Å². The molecule has 106 valence electrons. The molecule has 2 rings (SSSR count). The predicted molar refractivity (Wildman–Crippen MR) is 85.9 cm³/mol. The minimum atomic E-state index is 0.541. The highest BCUT2D eigenvalue weighted by atomic mass is 16.5. The molecule has 0 aromatic heterocycles. The Labute approximate surface area is 125 Å². The van der Waals surface area contributed by atoms with Crippen molar-refractivity contribution in [2.24, 2.45) is 0 Å². The molecule has 3 heteroatoms. The van der Waals surface area contributed by atoms with Crippen LogP contribution in [0.25, 0.3) is 5.76 Å². The molecule has 21 heavy (non-hydrogen) atoms. The maximum Gasteiger partial charge on any atom is 0.120 e. The van der Waals surface area contributed by atoms with E-state index in [1.807, 2.05) is 42.5 Å². The molecule has 0 saturated carbocycles. The number of rotatable bonds is 3. The third kappa shape index (κ3) is 3.37. The SMILES string of the molecule is C=C(OC)c1cc(OC)ccc1C#Cc1ccccc1N. The van der Waals surface area contributed by atoms with Crippen LogP contribution < -0.4 is 10.5 Å². The van der Waals surface area contributed by atoms with Crippen molar-refractivity contribution in [2.45, 2.75) is 0 Å². The van der Waals surface area contributed by atoms with Gasteiger partial charge in [-0.2, -0.15) is 0 Å². The van der Waals surface area contributed by atoms with Crippen LogP contribution in [-0.2, 0) is 4.74 Å². The van der Waals surface area contributed by atoms with Crippen LogP contribution in [0.5, 0.6) is 5.75 Å². The fourth-order valence-electron chi connectivity index (χ4n) is 1.85. The zero-order chi connectivity index (χ0) is 15.2. The number of hydrogen-bond donors (Lipinski definition) is 1. The summed E-state index contributed by atoms with van der Waals surface area (Å²) in [5.41, 5.74) is 8.96. The maximum atomic E-state index is 5.89. The lowest BCUT2D eigenvalue weighted by molar-refractivity contribution is 0.370. The molecule has 0 aliphatic rings. The molecule has 0 aliphatic carbocycles. The van der Waals surface area contributed by atoms with Crippen molar-refractivity contribution in [1.29, 1.82) is 0 Å². The molecule has 2 aromatic rings. The van der Waals surface area contributed by atoms with E-state index >= 15 is 0 Å². The Balaban J connectivity index is 2.45. The first-order chi connectivity index (χ1) is 10.2. The molecule has 0 unspecified atom stereocenters. The summed E-state index contributed by atoms with van der Waals surface area (Å²) in [6, 6.07) is 13.1. The number of hydrogen-bond acceptors (Lipinski definition) is 3. The number of anilines is 1. The van der Waals surface area contributed by atoms with Crippen LogP contribution in [0.2, 0.25) is 0 Å². The van der Waals surface area contributed by atoms with Crippen molar-refractivity contribution in [2.75, 3.05) is 20.0 Å². The Kier molecular flexibility index (Phi) is 4.53. The average Bonchev–Trinajstić information content (AvgIpc) is 2.53. The van der Waals surface area contributed by atoms with Gasteiger partial charge < -0.3 is 15.2 Å². The highest BCUT2D eigenvalue weighted by molar-refractivity contribution is 5.68. The lowest BCUT2D eigenvalue weighted by atomic mass is 10.1. The Morgan fingerprint density at radius 1 is 1.05 bits per heavy atom. The molecule has 0 amide bonds. The van der Waals surface area contributed by atoms with Gasteiger partial charge in [-0.15, -0.1) is 0 Å². The Morgan fingerprint density at radius 2 is 1.76 bits per heavy atom. The third-order valence-electron chi connectivity index (χ3n) is 3.07. The van der Waals surface area contributed by atoms with Crippen molar-refractivity contribution < 1.29 is 9.47 Å². The molecule has 0 heterocycles. The molecule has 0 spiro atoms. The second-order valence-electron chi connectivity index (χ2n) is 4.38. The van der Waals surface area contributed by atoms with E-state index in [0.29, 0.717) is 11.4 Å². The summed E-state index contributed by atoms with van der Waals surface area (Å²) in [4.78, 5) is 0. The number of methoxy groups -OCH3 is 2. The lowest BCUT2D eigenvalue weighted by Crippen LogP contribution is -1.93. The summed E-state index contributed by atoms with van der Waals surface area (Å²) in [5.74, 6) is 7.45. The van der Waals surface area contributed by atoms with Crippen LogP contribution in [0.15, 0.2) is 49.0 Å². The van der Waals surface area contributed by atoms with E-state index in [9.17, 15) is 0 Å². The largest absolute Gasteiger partial charge is 0.497 e. The third-order valence-corrected chi connectivity index (χ3v) is 3.07. The Morgan fingerprint density at radius 3 is 2.43 bits per heavy atom. The summed E-state index contributed by atoms with van der Waals surface area (Å²) >= 11 is 0. The molecular weight excluding hydrogens is 262 g/mol. The fraction of sp³-hybridized carbons (Fsp3) is 0.111. The molecule has 0 atom stereocenters. The fourth-order valence-corrected chi connectivity index (χ4v) is 1.85. The van der Waals surface area contributed by atoms with E-state index in [4.69, 9.17) is 15.2 Å². The normalized spacial score (nSPS) is 9.43. The van der Waals surface area contributed by atoms with Crippen LogP contribution in [0.1, 0.15) is 16.7 Å². The summed E-state index contributed by atoms with van der Waals surface area (Å²) in [5, 5.41) is 0. The van der Waals surface area contributed by atoms with E-state index in [1.165, 1.54) is 0 Å². The van der Waals surface area contributed by atoms with Gasteiger partial charge in [0.1, 0.15) is 11.5 Å². The van der Waals surface area contributed by atoms with Gasteiger partial charge in [-0.1, -0.05) is 30.6 Å². The molecule has 0 fully saturated rings. The van der Waals surface area contributed by atoms with Gasteiger partial charge in [0.25, 0.3) is 0 Å². The van der Waals surface area contributed by atoms with Crippen molar-refractivity contribution in [3.8, 4) is 17.6 Å². The molecular formula is C18H17NO2. The van der Waals surface area contributed by atoms with Crippen LogP contribution in [0.4, 0.5) is 5.69 Å². The van der Waals surface area contributed by atoms with Gasteiger partial charge in [-0.05, 0) is 30.3 Å². The van der Waals surface area contributed by atoms with E-state index in [-0.39, 0.29) is 0 Å². The predicted octanol–water partition coefficient (Wildman–Crippen LogP) is 3.29. The van der Waals surface area contributed by atoms with Crippen LogP contribution in [-0.4, -0.2) is 14.2 Å². The highest BCUT2D eigenvalue weighted by Gasteiger charge is 2.06.